The summed E-state index contributed by atoms with van der Waals surface area (Å²) in [4.78, 5) is 17.8. The van der Waals surface area contributed by atoms with E-state index in [2.05, 4.69) is 36.0 Å². The maximum absolute atomic E-state index is 13.3. The molecule has 4 bridgehead atoms. The predicted octanol–water partition coefficient (Wildman–Crippen LogP) is 4.19. The third-order valence-electron chi connectivity index (χ3n) is 6.24. The van der Waals surface area contributed by atoms with Crippen LogP contribution in [0, 0.1) is 23.2 Å². The van der Waals surface area contributed by atoms with Gasteiger partial charge in [-0.15, -0.1) is 5.10 Å². The van der Waals surface area contributed by atoms with Gasteiger partial charge in [-0.05, 0) is 63.2 Å². The van der Waals surface area contributed by atoms with Crippen LogP contribution in [0.2, 0.25) is 0 Å². The van der Waals surface area contributed by atoms with Crippen molar-refractivity contribution in [1.29, 1.82) is 0 Å². The van der Waals surface area contributed by atoms with Crippen molar-refractivity contribution in [2.75, 3.05) is 0 Å². The summed E-state index contributed by atoms with van der Waals surface area (Å²) in [7, 11) is 0. The van der Waals surface area contributed by atoms with Crippen molar-refractivity contribution >= 4 is 17.5 Å². The number of aromatic amines is 1. The zero-order valence-corrected chi connectivity index (χ0v) is 15.2. The molecule has 1 N–H and O–H groups in total. The molecular weight excluding hydrogens is 306 g/mol. The van der Waals surface area contributed by atoms with Crippen LogP contribution in [0.4, 0.5) is 0 Å². The van der Waals surface area contributed by atoms with Crippen molar-refractivity contribution in [1.82, 2.24) is 15.2 Å². The molecule has 1 aromatic rings. The average molecular weight is 334 g/mol. The Morgan fingerprint density at radius 1 is 1.13 bits per heavy atom. The van der Waals surface area contributed by atoms with Gasteiger partial charge < -0.3 is 0 Å². The second-order valence-corrected chi connectivity index (χ2v) is 9.79. The molecule has 1 aromatic heterocycles. The van der Waals surface area contributed by atoms with Gasteiger partial charge in [0.05, 0.1) is 5.25 Å². The van der Waals surface area contributed by atoms with Crippen LogP contribution in [-0.2, 0) is 4.79 Å². The molecule has 23 heavy (non-hydrogen) atoms. The lowest BCUT2D eigenvalue weighted by atomic mass is 9.48. The van der Waals surface area contributed by atoms with E-state index in [1.54, 1.807) is 0 Å². The number of nitrogens with one attached hydrogen (secondary N) is 1. The molecule has 4 nitrogen and oxygen atoms in total. The lowest BCUT2D eigenvalue weighted by molar-refractivity contribution is -0.142. The molecule has 5 heteroatoms. The molecule has 4 fully saturated rings. The quantitative estimate of drug-likeness (QED) is 0.821. The van der Waals surface area contributed by atoms with Crippen molar-refractivity contribution < 1.29 is 4.79 Å². The van der Waals surface area contributed by atoms with Crippen LogP contribution < -0.4 is 0 Å². The minimum absolute atomic E-state index is 0.0155. The topological polar surface area (TPSA) is 58.6 Å². The first-order valence-electron chi connectivity index (χ1n) is 9.08. The Labute approximate surface area is 142 Å². The average Bonchev–Trinajstić information content (AvgIpc) is 2.93. The zero-order valence-electron chi connectivity index (χ0n) is 14.3. The maximum Gasteiger partial charge on any atom is 0.209 e. The molecule has 1 unspecified atom stereocenters. The van der Waals surface area contributed by atoms with Gasteiger partial charge in [0.1, 0.15) is 5.82 Å². The first-order chi connectivity index (χ1) is 10.9. The van der Waals surface area contributed by atoms with E-state index in [1.165, 1.54) is 31.0 Å². The number of ketones is 1. The molecule has 0 aromatic carbocycles. The number of nitrogens with zero attached hydrogens (tertiary/aromatic N) is 2. The molecule has 5 rings (SSSR count). The van der Waals surface area contributed by atoms with Crippen LogP contribution in [0.1, 0.15) is 71.0 Å². The number of carbonyl (C=O) groups is 1. The van der Waals surface area contributed by atoms with Crippen LogP contribution in [-0.4, -0.2) is 26.2 Å². The Balaban J connectivity index is 1.47. The third kappa shape index (κ3) is 2.75. The van der Waals surface area contributed by atoms with E-state index >= 15 is 0 Å². The molecule has 4 aliphatic rings. The first kappa shape index (κ1) is 15.7. The molecule has 0 amide bonds. The number of thioether (sulfide) groups is 1. The van der Waals surface area contributed by atoms with E-state index in [1.807, 2.05) is 0 Å². The Hall–Kier alpha value is -0.840. The Bertz CT molecular complexity index is 574. The summed E-state index contributed by atoms with van der Waals surface area (Å²) >= 11 is 1.54. The lowest BCUT2D eigenvalue weighted by Crippen LogP contribution is -2.51. The van der Waals surface area contributed by atoms with Gasteiger partial charge >= 0.3 is 0 Å². The Kier molecular flexibility index (Phi) is 3.82. The van der Waals surface area contributed by atoms with Gasteiger partial charge in [0.25, 0.3) is 0 Å². The first-order valence-corrected chi connectivity index (χ1v) is 9.96. The van der Waals surface area contributed by atoms with Crippen molar-refractivity contribution in [2.45, 2.75) is 75.6 Å². The highest BCUT2D eigenvalue weighted by molar-refractivity contribution is 8.00. The van der Waals surface area contributed by atoms with E-state index < -0.39 is 0 Å². The van der Waals surface area contributed by atoms with Gasteiger partial charge in [-0.1, -0.05) is 25.6 Å². The molecule has 0 saturated heterocycles. The minimum atomic E-state index is -0.0398. The molecule has 0 radical (unpaired) electrons. The summed E-state index contributed by atoms with van der Waals surface area (Å²) in [6, 6.07) is 0. The SMILES string of the molecule is CC(Sc1n[nH]c(C(C)C)n1)C(=O)C12CC3CC(CC(C3)C1)C2. The predicted molar refractivity (Wildman–Crippen MR) is 91.4 cm³/mol. The zero-order chi connectivity index (χ0) is 16.2. The number of H-pyrrole nitrogens is 1. The molecule has 0 spiro atoms. The van der Waals surface area contributed by atoms with Gasteiger partial charge in [-0.25, -0.2) is 4.98 Å². The minimum Gasteiger partial charge on any atom is -0.298 e. The fraction of sp³-hybridized carbons (Fsp3) is 0.833. The molecule has 4 saturated carbocycles. The standard InChI is InChI=1S/C18H27N3OS/c1-10(2)16-19-17(21-20-16)23-11(3)15(22)18-7-12-4-13(8-18)6-14(5-12)9-18/h10-14H,4-9H2,1-3H3,(H,19,20,21). The van der Waals surface area contributed by atoms with Gasteiger partial charge in [0, 0.05) is 11.3 Å². The van der Waals surface area contributed by atoms with Gasteiger partial charge in [-0.3, -0.25) is 9.89 Å². The van der Waals surface area contributed by atoms with E-state index in [4.69, 9.17) is 0 Å². The van der Waals surface area contributed by atoms with Crippen LogP contribution in [0.5, 0.6) is 0 Å². The second kappa shape index (κ2) is 5.61. The molecule has 0 aliphatic heterocycles. The fourth-order valence-corrected chi connectivity index (χ4v) is 6.55. The highest BCUT2D eigenvalue weighted by Gasteiger charge is 2.55. The fourth-order valence-electron chi connectivity index (χ4n) is 5.62. The van der Waals surface area contributed by atoms with Crippen LogP contribution in [0.3, 0.4) is 0 Å². The normalized spacial score (nSPS) is 36.6. The van der Waals surface area contributed by atoms with Gasteiger partial charge in [-0.2, -0.15) is 0 Å². The van der Waals surface area contributed by atoms with Crippen molar-refractivity contribution in [3.63, 3.8) is 0 Å². The summed E-state index contributed by atoms with van der Waals surface area (Å²) in [5.74, 6) is 4.17. The number of rotatable bonds is 5. The number of Topliss-reactive ketones (excluding diaryl/α,β-unsaturated/α-hetero) is 1. The molecule has 1 atom stereocenters. The van der Waals surface area contributed by atoms with Crippen LogP contribution in [0.15, 0.2) is 5.16 Å². The Morgan fingerprint density at radius 3 is 2.17 bits per heavy atom. The summed E-state index contributed by atoms with van der Waals surface area (Å²) in [5.41, 5.74) is -0.0155. The van der Waals surface area contributed by atoms with Gasteiger partial charge in [0.2, 0.25) is 5.16 Å². The third-order valence-corrected chi connectivity index (χ3v) is 7.20. The van der Waals surface area contributed by atoms with Crippen molar-refractivity contribution in [2.24, 2.45) is 23.2 Å². The summed E-state index contributed by atoms with van der Waals surface area (Å²) < 4.78 is 0. The van der Waals surface area contributed by atoms with Crippen LogP contribution in [0.25, 0.3) is 0 Å². The maximum atomic E-state index is 13.3. The number of carbonyl (C=O) groups excluding carboxylic acids is 1. The highest BCUT2D eigenvalue weighted by Crippen LogP contribution is 2.61. The lowest BCUT2D eigenvalue weighted by Gasteiger charge is -2.56. The monoisotopic (exact) mass is 333 g/mol. The highest BCUT2D eigenvalue weighted by atomic mass is 32.2. The van der Waals surface area contributed by atoms with Crippen molar-refractivity contribution in [3.8, 4) is 0 Å². The van der Waals surface area contributed by atoms with E-state index in [9.17, 15) is 4.79 Å². The largest absolute Gasteiger partial charge is 0.298 e. The smallest absolute Gasteiger partial charge is 0.209 e. The molecule has 1 heterocycles. The number of aromatic nitrogens is 3. The van der Waals surface area contributed by atoms with E-state index in [0.29, 0.717) is 11.7 Å². The van der Waals surface area contributed by atoms with E-state index in [0.717, 1.165) is 48.0 Å². The number of hydrogen-bond acceptors (Lipinski definition) is 4. The second-order valence-electron chi connectivity index (χ2n) is 8.48. The summed E-state index contributed by atoms with van der Waals surface area (Å²) in [5, 5.41) is 7.95. The molecule has 126 valence electrons. The Morgan fingerprint density at radius 2 is 1.70 bits per heavy atom. The number of hydrogen-bond donors (Lipinski definition) is 1. The molecular formula is C18H27N3OS. The van der Waals surface area contributed by atoms with Gasteiger partial charge in [0.15, 0.2) is 5.78 Å². The van der Waals surface area contributed by atoms with E-state index in [-0.39, 0.29) is 10.7 Å². The summed E-state index contributed by atoms with van der Waals surface area (Å²) in [6.45, 7) is 6.24. The summed E-state index contributed by atoms with van der Waals surface area (Å²) in [6.07, 6.45) is 7.59. The molecule has 4 aliphatic carbocycles. The van der Waals surface area contributed by atoms with Crippen molar-refractivity contribution in [3.05, 3.63) is 5.82 Å². The van der Waals surface area contributed by atoms with Crippen LogP contribution >= 0.6 is 11.8 Å².